The summed E-state index contributed by atoms with van der Waals surface area (Å²) in [6.45, 7) is -0.00619. The molecule has 6 nitrogen and oxygen atoms in total. The zero-order valence-corrected chi connectivity index (χ0v) is 10.8. The van der Waals surface area contributed by atoms with E-state index in [2.05, 4.69) is 10.2 Å². The van der Waals surface area contributed by atoms with Gasteiger partial charge in [-0.2, -0.15) is 0 Å². The van der Waals surface area contributed by atoms with Gasteiger partial charge in [-0.25, -0.2) is 9.40 Å². The van der Waals surface area contributed by atoms with Gasteiger partial charge in [-0.15, -0.1) is 0 Å². The fourth-order valence-corrected chi connectivity index (χ4v) is 1.99. The Balaban J connectivity index is 2.17. The summed E-state index contributed by atoms with van der Waals surface area (Å²) in [6.07, 6.45) is -0.0421. The predicted octanol–water partition coefficient (Wildman–Crippen LogP) is 0.492. The van der Waals surface area contributed by atoms with Gasteiger partial charge >= 0.3 is 5.97 Å². The van der Waals surface area contributed by atoms with Crippen LogP contribution in [0, 0.1) is 11.7 Å². The molecule has 1 atom stereocenters. The molecule has 2 rings (SSSR count). The SMILES string of the molecule is COC(=O)C1CC(=O)NN(C(=O)c2cccc(F)c2)C1. The number of hydrazine groups is 1. The van der Waals surface area contributed by atoms with Crippen molar-refractivity contribution in [3.8, 4) is 0 Å². The molecule has 1 fully saturated rings. The molecule has 2 amide bonds. The van der Waals surface area contributed by atoms with Crippen LogP contribution < -0.4 is 5.43 Å². The number of carbonyl (C=O) groups excluding carboxylic acids is 3. The van der Waals surface area contributed by atoms with E-state index in [0.717, 1.165) is 11.1 Å². The lowest BCUT2D eigenvalue weighted by Crippen LogP contribution is -2.54. The van der Waals surface area contributed by atoms with Gasteiger partial charge in [0.25, 0.3) is 5.91 Å². The molecule has 0 spiro atoms. The van der Waals surface area contributed by atoms with Crippen molar-refractivity contribution < 1.29 is 23.5 Å². The third-order valence-corrected chi connectivity index (χ3v) is 2.95. The molecular formula is C13H13FN2O4. The largest absolute Gasteiger partial charge is 0.469 e. The first-order valence-corrected chi connectivity index (χ1v) is 5.96. The van der Waals surface area contributed by atoms with Crippen LogP contribution in [-0.2, 0) is 14.3 Å². The molecule has 106 valence electrons. The number of rotatable bonds is 2. The van der Waals surface area contributed by atoms with Crippen LogP contribution in [0.3, 0.4) is 0 Å². The van der Waals surface area contributed by atoms with E-state index in [-0.39, 0.29) is 18.5 Å². The van der Waals surface area contributed by atoms with Crippen molar-refractivity contribution in [3.63, 3.8) is 0 Å². The van der Waals surface area contributed by atoms with Gasteiger partial charge in [-0.3, -0.25) is 19.8 Å². The van der Waals surface area contributed by atoms with E-state index >= 15 is 0 Å². The van der Waals surface area contributed by atoms with Gasteiger partial charge in [-0.1, -0.05) is 6.07 Å². The number of nitrogens with one attached hydrogen (secondary N) is 1. The Labute approximate surface area is 114 Å². The summed E-state index contributed by atoms with van der Waals surface area (Å²) in [5.41, 5.74) is 2.45. The molecule has 1 aliphatic heterocycles. The Kier molecular flexibility index (Phi) is 3.97. The van der Waals surface area contributed by atoms with Crippen LogP contribution >= 0.6 is 0 Å². The quantitative estimate of drug-likeness (QED) is 0.800. The second-order valence-corrected chi connectivity index (χ2v) is 4.39. The van der Waals surface area contributed by atoms with E-state index in [4.69, 9.17) is 0 Å². The van der Waals surface area contributed by atoms with E-state index in [0.29, 0.717) is 0 Å². The molecule has 0 aromatic heterocycles. The van der Waals surface area contributed by atoms with Crippen molar-refractivity contribution in [2.45, 2.75) is 6.42 Å². The van der Waals surface area contributed by atoms with Gasteiger partial charge in [0.2, 0.25) is 5.91 Å². The van der Waals surface area contributed by atoms with Crippen LogP contribution in [0.4, 0.5) is 4.39 Å². The van der Waals surface area contributed by atoms with Crippen molar-refractivity contribution in [2.24, 2.45) is 5.92 Å². The Bertz CT molecular complexity index is 561. The van der Waals surface area contributed by atoms with E-state index < -0.39 is 29.5 Å². The summed E-state index contributed by atoms with van der Waals surface area (Å²) >= 11 is 0. The summed E-state index contributed by atoms with van der Waals surface area (Å²) in [7, 11) is 1.22. The summed E-state index contributed by atoms with van der Waals surface area (Å²) < 4.78 is 17.7. The minimum absolute atomic E-state index is 0.00619. The molecule has 1 saturated heterocycles. The topological polar surface area (TPSA) is 75.7 Å². The minimum Gasteiger partial charge on any atom is -0.469 e. The van der Waals surface area contributed by atoms with Crippen LogP contribution in [0.5, 0.6) is 0 Å². The van der Waals surface area contributed by atoms with Crippen molar-refractivity contribution in [1.82, 2.24) is 10.4 Å². The Morgan fingerprint density at radius 2 is 2.20 bits per heavy atom. The van der Waals surface area contributed by atoms with E-state index in [1.165, 1.54) is 25.3 Å². The highest BCUT2D eigenvalue weighted by Gasteiger charge is 2.33. The fraction of sp³-hybridized carbons (Fsp3) is 0.308. The predicted molar refractivity (Wildman–Crippen MR) is 65.7 cm³/mol. The maximum absolute atomic E-state index is 13.1. The number of methoxy groups -OCH3 is 1. The molecule has 0 saturated carbocycles. The van der Waals surface area contributed by atoms with Crippen LogP contribution in [-0.4, -0.2) is 36.4 Å². The first kappa shape index (κ1) is 14.0. The van der Waals surface area contributed by atoms with Gasteiger partial charge < -0.3 is 4.74 Å². The molecule has 0 radical (unpaired) electrons. The second kappa shape index (κ2) is 5.68. The number of halogens is 1. The van der Waals surface area contributed by atoms with Gasteiger partial charge in [0.15, 0.2) is 0 Å². The number of hydrogen-bond acceptors (Lipinski definition) is 4. The van der Waals surface area contributed by atoms with Gasteiger partial charge in [-0.05, 0) is 18.2 Å². The van der Waals surface area contributed by atoms with Gasteiger partial charge in [0.05, 0.1) is 19.6 Å². The highest BCUT2D eigenvalue weighted by molar-refractivity contribution is 5.97. The van der Waals surface area contributed by atoms with Crippen LogP contribution in [0.2, 0.25) is 0 Å². The Hall–Kier alpha value is -2.44. The number of carbonyl (C=O) groups is 3. The van der Waals surface area contributed by atoms with Crippen LogP contribution in [0.25, 0.3) is 0 Å². The molecule has 1 aliphatic rings. The first-order chi connectivity index (χ1) is 9.51. The number of esters is 1. The highest BCUT2D eigenvalue weighted by atomic mass is 19.1. The number of nitrogens with zero attached hydrogens (tertiary/aromatic N) is 1. The number of ether oxygens (including phenoxy) is 1. The maximum Gasteiger partial charge on any atom is 0.311 e. The normalized spacial score (nSPS) is 18.4. The van der Waals surface area contributed by atoms with Crippen molar-refractivity contribution in [3.05, 3.63) is 35.6 Å². The molecule has 1 N–H and O–H groups in total. The van der Waals surface area contributed by atoms with E-state index in [9.17, 15) is 18.8 Å². The standard InChI is InChI=1S/C13H13FN2O4/c1-20-13(19)9-6-11(17)15-16(7-9)12(18)8-3-2-4-10(14)5-8/h2-5,9H,6-7H2,1H3,(H,15,17). The molecular weight excluding hydrogens is 267 g/mol. The second-order valence-electron chi connectivity index (χ2n) is 4.39. The zero-order chi connectivity index (χ0) is 14.7. The lowest BCUT2D eigenvalue weighted by molar-refractivity contribution is -0.151. The third-order valence-electron chi connectivity index (χ3n) is 2.95. The molecule has 1 heterocycles. The molecule has 1 aromatic rings. The zero-order valence-electron chi connectivity index (χ0n) is 10.8. The molecule has 7 heteroatoms. The Morgan fingerprint density at radius 1 is 1.45 bits per heavy atom. The highest BCUT2D eigenvalue weighted by Crippen LogP contribution is 2.15. The number of hydrogen-bond donors (Lipinski definition) is 1. The third kappa shape index (κ3) is 2.93. The Morgan fingerprint density at radius 3 is 2.85 bits per heavy atom. The van der Waals surface area contributed by atoms with Crippen LogP contribution in [0.1, 0.15) is 16.8 Å². The smallest absolute Gasteiger partial charge is 0.311 e. The monoisotopic (exact) mass is 280 g/mol. The molecule has 0 aliphatic carbocycles. The molecule has 0 bridgehead atoms. The van der Waals surface area contributed by atoms with E-state index in [1.807, 2.05) is 0 Å². The average Bonchev–Trinajstić information content (AvgIpc) is 2.45. The fourth-order valence-electron chi connectivity index (χ4n) is 1.99. The first-order valence-electron chi connectivity index (χ1n) is 5.96. The van der Waals surface area contributed by atoms with Crippen molar-refractivity contribution >= 4 is 17.8 Å². The lowest BCUT2D eigenvalue weighted by atomic mass is 10.0. The summed E-state index contributed by atoms with van der Waals surface area (Å²) in [5.74, 6) is -2.87. The molecule has 1 unspecified atom stereocenters. The maximum atomic E-state index is 13.1. The summed E-state index contributed by atoms with van der Waals surface area (Å²) in [4.78, 5) is 35.1. The average molecular weight is 280 g/mol. The lowest BCUT2D eigenvalue weighted by Gasteiger charge is -2.31. The van der Waals surface area contributed by atoms with Crippen LogP contribution in [0.15, 0.2) is 24.3 Å². The van der Waals surface area contributed by atoms with Gasteiger partial charge in [0.1, 0.15) is 5.82 Å². The van der Waals surface area contributed by atoms with Crippen molar-refractivity contribution in [1.29, 1.82) is 0 Å². The molecule has 1 aromatic carbocycles. The van der Waals surface area contributed by atoms with Crippen molar-refractivity contribution in [2.75, 3.05) is 13.7 Å². The number of amides is 2. The minimum atomic E-state index is -0.716. The molecule has 20 heavy (non-hydrogen) atoms. The number of benzene rings is 1. The van der Waals surface area contributed by atoms with Gasteiger partial charge in [0, 0.05) is 12.0 Å². The van der Waals surface area contributed by atoms with E-state index in [1.54, 1.807) is 0 Å². The summed E-state index contributed by atoms with van der Waals surface area (Å²) in [6, 6.07) is 5.10. The summed E-state index contributed by atoms with van der Waals surface area (Å²) in [5, 5.41) is 1.00.